The summed E-state index contributed by atoms with van der Waals surface area (Å²) in [7, 11) is -3.55. The van der Waals surface area contributed by atoms with Crippen LogP contribution < -0.4 is 4.72 Å². The van der Waals surface area contributed by atoms with Gasteiger partial charge in [-0.1, -0.05) is 25.1 Å². The number of para-hydroxylation sites is 1. The van der Waals surface area contributed by atoms with Crippen molar-refractivity contribution in [1.82, 2.24) is 0 Å². The molecule has 0 amide bonds. The number of benzene rings is 1. The van der Waals surface area contributed by atoms with Crippen molar-refractivity contribution in [3.05, 3.63) is 29.3 Å². The van der Waals surface area contributed by atoms with Gasteiger partial charge >= 0.3 is 0 Å². The zero-order chi connectivity index (χ0) is 12.2. The number of hydrogen-bond donors (Lipinski definition) is 1. The van der Waals surface area contributed by atoms with Crippen LogP contribution in [0.1, 0.15) is 18.1 Å². The van der Waals surface area contributed by atoms with Gasteiger partial charge < -0.3 is 0 Å². The lowest BCUT2D eigenvalue weighted by molar-refractivity contribution is 0.604. The van der Waals surface area contributed by atoms with Crippen LogP contribution >= 0.6 is 0 Å². The first kappa shape index (κ1) is 12.5. The lowest BCUT2D eigenvalue weighted by Crippen LogP contribution is -2.17. The van der Waals surface area contributed by atoms with Gasteiger partial charge in [-0.2, -0.15) is 5.26 Å². The molecule has 5 heteroatoms. The SMILES string of the molecule is CCc1cccc(C)c1NS(=O)(=O)CC#N. The van der Waals surface area contributed by atoms with Crippen LogP contribution in [0.5, 0.6) is 0 Å². The van der Waals surface area contributed by atoms with Gasteiger partial charge in [0.1, 0.15) is 0 Å². The summed E-state index contributed by atoms with van der Waals surface area (Å²) >= 11 is 0. The van der Waals surface area contributed by atoms with E-state index in [0.717, 1.165) is 17.5 Å². The first-order chi connectivity index (χ1) is 7.50. The number of hydrogen-bond acceptors (Lipinski definition) is 3. The Morgan fingerprint density at radius 1 is 1.44 bits per heavy atom. The van der Waals surface area contributed by atoms with Crippen LogP contribution in [-0.4, -0.2) is 14.2 Å². The molecule has 4 nitrogen and oxygen atoms in total. The highest BCUT2D eigenvalue weighted by Crippen LogP contribution is 2.22. The van der Waals surface area contributed by atoms with E-state index < -0.39 is 15.8 Å². The summed E-state index contributed by atoms with van der Waals surface area (Å²) in [6.07, 6.45) is 0.742. The number of anilines is 1. The molecule has 0 aliphatic carbocycles. The monoisotopic (exact) mass is 238 g/mol. The highest BCUT2D eigenvalue weighted by Gasteiger charge is 2.13. The molecule has 1 N–H and O–H groups in total. The molecule has 1 aromatic rings. The summed E-state index contributed by atoms with van der Waals surface area (Å²) in [6.45, 7) is 3.79. The third-order valence-corrected chi connectivity index (χ3v) is 3.28. The van der Waals surface area contributed by atoms with Crippen LogP contribution in [0.4, 0.5) is 5.69 Å². The molecule has 16 heavy (non-hydrogen) atoms. The summed E-state index contributed by atoms with van der Waals surface area (Å²) in [5, 5.41) is 8.41. The molecule has 0 bridgehead atoms. The van der Waals surface area contributed by atoms with E-state index in [-0.39, 0.29) is 0 Å². The molecule has 0 fully saturated rings. The number of nitrogens with zero attached hydrogens (tertiary/aromatic N) is 1. The van der Waals surface area contributed by atoms with Gasteiger partial charge in [-0.3, -0.25) is 4.72 Å². The standard InChI is InChI=1S/C11H14N2O2S/c1-3-10-6-4-5-9(2)11(10)13-16(14,15)8-7-12/h4-6,13H,3,8H2,1-2H3. The molecule has 0 saturated carbocycles. The number of sulfonamides is 1. The van der Waals surface area contributed by atoms with E-state index >= 15 is 0 Å². The van der Waals surface area contributed by atoms with E-state index in [1.54, 1.807) is 6.07 Å². The molecule has 1 aromatic carbocycles. The average Bonchev–Trinajstić information content (AvgIpc) is 2.20. The minimum Gasteiger partial charge on any atom is -0.282 e. The average molecular weight is 238 g/mol. The summed E-state index contributed by atoms with van der Waals surface area (Å²) in [4.78, 5) is 0. The van der Waals surface area contributed by atoms with Gasteiger partial charge in [-0.05, 0) is 24.5 Å². The van der Waals surface area contributed by atoms with Gasteiger partial charge in [-0.25, -0.2) is 8.42 Å². The summed E-state index contributed by atoms with van der Waals surface area (Å²) < 4.78 is 25.4. The van der Waals surface area contributed by atoms with Gasteiger partial charge in [-0.15, -0.1) is 0 Å². The van der Waals surface area contributed by atoms with Crippen LogP contribution in [0.25, 0.3) is 0 Å². The molecule has 0 aliphatic rings. The van der Waals surface area contributed by atoms with Crippen molar-refractivity contribution in [3.8, 4) is 6.07 Å². The zero-order valence-corrected chi connectivity index (χ0v) is 10.1. The maximum atomic E-state index is 11.5. The molecule has 0 aromatic heterocycles. The topological polar surface area (TPSA) is 70.0 Å². The van der Waals surface area contributed by atoms with Crippen molar-refractivity contribution < 1.29 is 8.42 Å². The zero-order valence-electron chi connectivity index (χ0n) is 9.32. The summed E-state index contributed by atoms with van der Waals surface area (Å²) in [6, 6.07) is 7.23. The first-order valence-corrected chi connectivity index (χ1v) is 6.61. The Morgan fingerprint density at radius 3 is 2.69 bits per heavy atom. The van der Waals surface area contributed by atoms with E-state index in [1.807, 2.05) is 32.0 Å². The van der Waals surface area contributed by atoms with Gasteiger partial charge in [0.2, 0.25) is 10.0 Å². The van der Waals surface area contributed by atoms with Crippen LogP contribution in [0.3, 0.4) is 0 Å². The molecule has 0 unspecified atom stereocenters. The second kappa shape index (κ2) is 4.99. The van der Waals surface area contributed by atoms with E-state index in [0.29, 0.717) is 5.69 Å². The summed E-state index contributed by atoms with van der Waals surface area (Å²) in [5.41, 5.74) is 2.39. The Balaban J connectivity index is 3.11. The number of nitrogens with one attached hydrogen (secondary N) is 1. The van der Waals surface area contributed by atoms with E-state index in [4.69, 9.17) is 5.26 Å². The fraction of sp³-hybridized carbons (Fsp3) is 0.364. The molecular weight excluding hydrogens is 224 g/mol. The minimum atomic E-state index is -3.55. The van der Waals surface area contributed by atoms with Gasteiger partial charge in [0.05, 0.1) is 11.8 Å². The maximum Gasteiger partial charge on any atom is 0.246 e. The third kappa shape index (κ3) is 2.97. The Kier molecular flexibility index (Phi) is 3.91. The smallest absolute Gasteiger partial charge is 0.246 e. The Hall–Kier alpha value is -1.54. The molecule has 0 aliphatic heterocycles. The maximum absolute atomic E-state index is 11.5. The number of nitriles is 1. The molecule has 0 radical (unpaired) electrons. The predicted molar refractivity (Wildman–Crippen MR) is 63.6 cm³/mol. The molecule has 0 spiro atoms. The van der Waals surface area contributed by atoms with E-state index in [9.17, 15) is 8.42 Å². The second-order valence-corrected chi connectivity index (χ2v) is 5.20. The van der Waals surface area contributed by atoms with Crippen molar-refractivity contribution in [1.29, 1.82) is 5.26 Å². The Morgan fingerprint density at radius 2 is 2.12 bits per heavy atom. The quantitative estimate of drug-likeness (QED) is 0.869. The number of aryl methyl sites for hydroxylation is 2. The summed E-state index contributed by atoms with van der Waals surface area (Å²) in [5.74, 6) is -0.523. The molecule has 0 heterocycles. The molecule has 1 rings (SSSR count). The Bertz CT molecular complexity index is 515. The fourth-order valence-electron chi connectivity index (χ4n) is 1.45. The third-order valence-electron chi connectivity index (χ3n) is 2.25. The van der Waals surface area contributed by atoms with Crippen molar-refractivity contribution in [2.24, 2.45) is 0 Å². The lowest BCUT2D eigenvalue weighted by Gasteiger charge is -2.12. The van der Waals surface area contributed by atoms with Crippen LogP contribution in [-0.2, 0) is 16.4 Å². The normalized spacial score (nSPS) is 10.8. The minimum absolute atomic E-state index is 0.523. The van der Waals surface area contributed by atoms with Crippen LogP contribution in [0.15, 0.2) is 18.2 Å². The molecule has 0 saturated heterocycles. The van der Waals surface area contributed by atoms with Gasteiger partial charge in [0.15, 0.2) is 5.75 Å². The van der Waals surface area contributed by atoms with Gasteiger partial charge in [0, 0.05) is 0 Å². The van der Waals surface area contributed by atoms with E-state index in [2.05, 4.69) is 4.72 Å². The second-order valence-electron chi connectivity index (χ2n) is 3.48. The fourth-order valence-corrected chi connectivity index (χ4v) is 2.29. The highest BCUT2D eigenvalue weighted by atomic mass is 32.2. The Labute approximate surface area is 96.0 Å². The van der Waals surface area contributed by atoms with Crippen molar-refractivity contribution >= 4 is 15.7 Å². The van der Waals surface area contributed by atoms with Gasteiger partial charge in [0.25, 0.3) is 0 Å². The largest absolute Gasteiger partial charge is 0.282 e. The van der Waals surface area contributed by atoms with Crippen molar-refractivity contribution in [3.63, 3.8) is 0 Å². The van der Waals surface area contributed by atoms with Crippen molar-refractivity contribution in [2.45, 2.75) is 20.3 Å². The molecule has 86 valence electrons. The van der Waals surface area contributed by atoms with Crippen molar-refractivity contribution in [2.75, 3.05) is 10.5 Å². The van der Waals surface area contributed by atoms with E-state index in [1.165, 1.54) is 0 Å². The first-order valence-electron chi connectivity index (χ1n) is 4.96. The van der Waals surface area contributed by atoms with Crippen LogP contribution in [0, 0.1) is 18.3 Å². The van der Waals surface area contributed by atoms with Crippen LogP contribution in [0.2, 0.25) is 0 Å². The lowest BCUT2D eigenvalue weighted by atomic mass is 10.1. The molecule has 0 atom stereocenters. The molecular formula is C11H14N2O2S. The highest BCUT2D eigenvalue weighted by molar-refractivity contribution is 7.92. The predicted octanol–water partition coefficient (Wildman–Crippen LogP) is 1.82. The number of rotatable bonds is 4.